The van der Waals surface area contributed by atoms with Crippen molar-refractivity contribution in [3.8, 4) is 0 Å². The summed E-state index contributed by atoms with van der Waals surface area (Å²) in [5.74, 6) is -1.65. The maximum atomic E-state index is 13.8. The first kappa shape index (κ1) is 16.1. The fraction of sp³-hybridized carbons (Fsp3) is 0.429. The number of hydrogen-bond donors (Lipinski definition) is 1. The number of nitrogens with zero attached hydrogens (tertiary/aromatic N) is 1. The molecule has 0 aromatic heterocycles. The Morgan fingerprint density at radius 2 is 2.24 bits per heavy atom. The molecular formula is C14H15ClFNO3S. The van der Waals surface area contributed by atoms with Gasteiger partial charge >= 0.3 is 5.97 Å². The second-order valence-corrected chi connectivity index (χ2v) is 6.35. The molecule has 0 radical (unpaired) electrons. The van der Waals surface area contributed by atoms with Gasteiger partial charge in [-0.15, -0.1) is 11.8 Å². The molecule has 1 amide bonds. The van der Waals surface area contributed by atoms with Gasteiger partial charge < -0.3 is 10.0 Å². The molecule has 2 atom stereocenters. The SMILES string of the molecule is CCC1SCC(C(=O)O)N1C(=O)Cc1c(F)cccc1Cl. The molecule has 0 aliphatic carbocycles. The van der Waals surface area contributed by atoms with Gasteiger partial charge in [0.05, 0.1) is 11.8 Å². The Balaban J connectivity index is 2.23. The third kappa shape index (κ3) is 3.32. The summed E-state index contributed by atoms with van der Waals surface area (Å²) in [5, 5.41) is 9.20. The highest BCUT2D eigenvalue weighted by Crippen LogP contribution is 2.32. The minimum Gasteiger partial charge on any atom is -0.480 e. The van der Waals surface area contributed by atoms with Crippen LogP contribution in [0.3, 0.4) is 0 Å². The summed E-state index contributed by atoms with van der Waals surface area (Å²) in [6.07, 6.45) is 0.414. The third-order valence-electron chi connectivity index (χ3n) is 3.40. The number of halogens is 2. The van der Waals surface area contributed by atoms with E-state index in [2.05, 4.69) is 0 Å². The van der Waals surface area contributed by atoms with E-state index in [1.807, 2.05) is 6.92 Å². The maximum absolute atomic E-state index is 13.8. The first-order valence-corrected chi connectivity index (χ1v) is 7.96. The molecule has 114 valence electrons. The molecule has 1 N–H and O–H groups in total. The lowest BCUT2D eigenvalue weighted by atomic mass is 10.1. The molecule has 1 aliphatic heterocycles. The number of amides is 1. The topological polar surface area (TPSA) is 57.6 Å². The van der Waals surface area contributed by atoms with Crippen LogP contribution in [0.4, 0.5) is 4.39 Å². The number of aliphatic carboxylic acids is 1. The van der Waals surface area contributed by atoms with Crippen molar-refractivity contribution in [2.45, 2.75) is 31.2 Å². The second kappa shape index (κ2) is 6.66. The maximum Gasteiger partial charge on any atom is 0.327 e. The van der Waals surface area contributed by atoms with Crippen LogP contribution in [0.2, 0.25) is 5.02 Å². The molecular weight excluding hydrogens is 317 g/mol. The van der Waals surface area contributed by atoms with Gasteiger partial charge in [-0.2, -0.15) is 0 Å². The molecule has 1 aromatic carbocycles. The largest absolute Gasteiger partial charge is 0.480 e. The fourth-order valence-corrected chi connectivity index (χ4v) is 3.94. The van der Waals surface area contributed by atoms with E-state index < -0.39 is 23.7 Å². The Morgan fingerprint density at radius 1 is 1.52 bits per heavy atom. The van der Waals surface area contributed by atoms with E-state index in [1.165, 1.54) is 34.9 Å². The van der Waals surface area contributed by atoms with E-state index in [1.54, 1.807) is 0 Å². The second-order valence-electron chi connectivity index (χ2n) is 4.73. The van der Waals surface area contributed by atoms with E-state index in [0.717, 1.165) is 0 Å². The number of carbonyl (C=O) groups excluding carboxylic acids is 1. The molecule has 1 fully saturated rings. The fourth-order valence-electron chi connectivity index (χ4n) is 2.35. The molecule has 2 rings (SSSR count). The van der Waals surface area contributed by atoms with Gasteiger partial charge in [-0.05, 0) is 18.6 Å². The van der Waals surface area contributed by atoms with Crippen LogP contribution < -0.4 is 0 Å². The van der Waals surface area contributed by atoms with Crippen LogP contribution in [0.5, 0.6) is 0 Å². The van der Waals surface area contributed by atoms with Crippen LogP contribution in [-0.2, 0) is 16.0 Å². The minimum atomic E-state index is -1.04. The highest BCUT2D eigenvalue weighted by atomic mass is 35.5. The summed E-state index contributed by atoms with van der Waals surface area (Å²) in [5.41, 5.74) is 0.111. The van der Waals surface area contributed by atoms with Crippen LogP contribution in [-0.4, -0.2) is 39.1 Å². The number of hydrogen-bond acceptors (Lipinski definition) is 3. The molecule has 1 aliphatic rings. The summed E-state index contributed by atoms with van der Waals surface area (Å²) in [6, 6.07) is 3.35. The molecule has 0 saturated carbocycles. The zero-order chi connectivity index (χ0) is 15.6. The first-order chi connectivity index (χ1) is 9.95. The van der Waals surface area contributed by atoms with Gasteiger partial charge in [0.2, 0.25) is 5.91 Å². The molecule has 4 nitrogen and oxygen atoms in total. The lowest BCUT2D eigenvalue weighted by molar-refractivity contribution is -0.148. The highest BCUT2D eigenvalue weighted by Gasteiger charge is 2.40. The van der Waals surface area contributed by atoms with Gasteiger partial charge in [0, 0.05) is 16.3 Å². The number of rotatable bonds is 4. The van der Waals surface area contributed by atoms with Crippen molar-refractivity contribution in [1.29, 1.82) is 0 Å². The van der Waals surface area contributed by atoms with E-state index in [-0.39, 0.29) is 22.4 Å². The van der Waals surface area contributed by atoms with Crippen LogP contribution in [0.25, 0.3) is 0 Å². The van der Waals surface area contributed by atoms with Gasteiger partial charge in [-0.3, -0.25) is 4.79 Å². The molecule has 0 bridgehead atoms. The van der Waals surface area contributed by atoms with Crippen LogP contribution in [0.15, 0.2) is 18.2 Å². The molecule has 2 unspecified atom stereocenters. The summed E-state index contributed by atoms with van der Waals surface area (Å²) < 4.78 is 13.8. The number of thioether (sulfide) groups is 1. The van der Waals surface area contributed by atoms with Gasteiger partial charge in [0.25, 0.3) is 0 Å². The Bertz CT molecular complexity index is 549. The van der Waals surface area contributed by atoms with Crippen molar-refractivity contribution in [3.05, 3.63) is 34.6 Å². The summed E-state index contributed by atoms with van der Waals surface area (Å²) in [6.45, 7) is 1.89. The number of carbonyl (C=O) groups is 2. The predicted molar refractivity (Wildman–Crippen MR) is 79.9 cm³/mol. The Hall–Kier alpha value is -1.27. The van der Waals surface area contributed by atoms with E-state index in [4.69, 9.17) is 11.6 Å². The molecule has 0 spiro atoms. The molecule has 7 heteroatoms. The molecule has 1 heterocycles. The Labute approximate surface area is 131 Å². The predicted octanol–water partition coefficient (Wildman–Crippen LogP) is 2.79. The lowest BCUT2D eigenvalue weighted by Crippen LogP contribution is -2.46. The number of benzene rings is 1. The van der Waals surface area contributed by atoms with Gasteiger partial charge in [0.15, 0.2) is 0 Å². The van der Waals surface area contributed by atoms with Gasteiger partial charge in [0.1, 0.15) is 11.9 Å². The third-order valence-corrected chi connectivity index (χ3v) is 5.21. The average molecular weight is 332 g/mol. The van der Waals surface area contributed by atoms with Gasteiger partial charge in [-0.25, -0.2) is 9.18 Å². The molecule has 1 saturated heterocycles. The quantitative estimate of drug-likeness (QED) is 0.921. The zero-order valence-electron chi connectivity index (χ0n) is 11.4. The van der Waals surface area contributed by atoms with Crippen LogP contribution >= 0.6 is 23.4 Å². The number of carboxylic acid groups (broad SMARTS) is 1. The molecule has 21 heavy (non-hydrogen) atoms. The highest BCUT2D eigenvalue weighted by molar-refractivity contribution is 8.00. The normalized spacial score (nSPS) is 21.6. The van der Waals surface area contributed by atoms with Crippen molar-refractivity contribution in [3.63, 3.8) is 0 Å². The number of carboxylic acids is 1. The van der Waals surface area contributed by atoms with Crippen molar-refractivity contribution in [1.82, 2.24) is 4.90 Å². The standard InChI is InChI=1S/C14H15ClFNO3S/c1-2-13-17(11(7-21-13)14(19)20)12(18)6-8-9(15)4-3-5-10(8)16/h3-5,11,13H,2,6-7H2,1H3,(H,19,20). The Kier molecular flexibility index (Phi) is 5.11. The zero-order valence-corrected chi connectivity index (χ0v) is 13.0. The van der Waals surface area contributed by atoms with E-state index >= 15 is 0 Å². The minimum absolute atomic E-state index is 0.111. The lowest BCUT2D eigenvalue weighted by Gasteiger charge is -2.27. The van der Waals surface area contributed by atoms with Gasteiger partial charge in [-0.1, -0.05) is 24.6 Å². The van der Waals surface area contributed by atoms with Crippen molar-refractivity contribution >= 4 is 35.2 Å². The summed E-state index contributed by atoms with van der Waals surface area (Å²) in [7, 11) is 0. The van der Waals surface area contributed by atoms with Crippen LogP contribution in [0, 0.1) is 5.82 Å². The first-order valence-electron chi connectivity index (χ1n) is 6.54. The smallest absolute Gasteiger partial charge is 0.327 e. The summed E-state index contributed by atoms with van der Waals surface area (Å²) >= 11 is 7.35. The van der Waals surface area contributed by atoms with Crippen LogP contribution in [0.1, 0.15) is 18.9 Å². The molecule has 1 aromatic rings. The summed E-state index contributed by atoms with van der Waals surface area (Å²) in [4.78, 5) is 25.0. The van der Waals surface area contributed by atoms with Crippen molar-refractivity contribution < 1.29 is 19.1 Å². The van der Waals surface area contributed by atoms with E-state index in [0.29, 0.717) is 12.2 Å². The Morgan fingerprint density at radius 3 is 2.81 bits per heavy atom. The van der Waals surface area contributed by atoms with E-state index in [9.17, 15) is 19.1 Å². The monoisotopic (exact) mass is 331 g/mol. The van der Waals surface area contributed by atoms with Crippen molar-refractivity contribution in [2.24, 2.45) is 0 Å². The average Bonchev–Trinajstić information content (AvgIpc) is 2.87. The van der Waals surface area contributed by atoms with Crippen molar-refractivity contribution in [2.75, 3.05) is 5.75 Å².